The molecule has 1 fully saturated rings. The normalized spacial score (nSPS) is 27.2. The van der Waals surface area contributed by atoms with Gasteiger partial charge in [-0.15, -0.1) is 0 Å². The molecule has 86 valence electrons. The summed E-state index contributed by atoms with van der Waals surface area (Å²) in [5.41, 5.74) is 0.796. The van der Waals surface area contributed by atoms with Gasteiger partial charge in [0.1, 0.15) is 0 Å². The first-order chi connectivity index (χ1) is 7.11. The highest BCUT2D eigenvalue weighted by Gasteiger charge is 2.33. The van der Waals surface area contributed by atoms with Gasteiger partial charge in [-0.05, 0) is 25.7 Å². The molecule has 1 amide bonds. The molecule has 1 saturated heterocycles. The number of allylic oxidation sites excluding steroid dienone is 1. The molecule has 1 rings (SSSR count). The van der Waals surface area contributed by atoms with Gasteiger partial charge in [0.2, 0.25) is 5.91 Å². The van der Waals surface area contributed by atoms with E-state index in [9.17, 15) is 9.90 Å². The van der Waals surface area contributed by atoms with E-state index in [1.807, 2.05) is 24.8 Å². The molecule has 1 N–H and O–H groups in total. The number of aliphatic hydroxyl groups excluding tert-OH is 1. The summed E-state index contributed by atoms with van der Waals surface area (Å²) in [5.74, 6) is 0.494. The van der Waals surface area contributed by atoms with Crippen LogP contribution in [0.25, 0.3) is 0 Å². The third-order valence-corrected chi connectivity index (χ3v) is 3.18. The summed E-state index contributed by atoms with van der Waals surface area (Å²) in [4.78, 5) is 13.8. The lowest BCUT2D eigenvalue weighted by molar-refractivity contribution is -0.129. The van der Waals surface area contributed by atoms with Crippen molar-refractivity contribution in [3.63, 3.8) is 0 Å². The molecule has 1 aliphatic heterocycles. The van der Waals surface area contributed by atoms with Crippen molar-refractivity contribution < 1.29 is 9.90 Å². The minimum atomic E-state index is 0.0118. The average Bonchev–Trinajstić information content (AvgIpc) is 2.58. The highest BCUT2D eigenvalue weighted by molar-refractivity contribution is 5.93. The van der Waals surface area contributed by atoms with E-state index in [2.05, 4.69) is 6.92 Å². The Labute approximate surface area is 91.8 Å². The Kier molecular flexibility index (Phi) is 4.33. The molecule has 0 aliphatic carbocycles. The zero-order valence-corrected chi connectivity index (χ0v) is 9.86. The van der Waals surface area contributed by atoms with Gasteiger partial charge in [0, 0.05) is 12.1 Å². The van der Waals surface area contributed by atoms with E-state index in [0.29, 0.717) is 5.92 Å². The van der Waals surface area contributed by atoms with Gasteiger partial charge in [0.25, 0.3) is 0 Å². The van der Waals surface area contributed by atoms with Crippen LogP contribution in [0.5, 0.6) is 0 Å². The maximum absolute atomic E-state index is 12.0. The van der Waals surface area contributed by atoms with Crippen molar-refractivity contribution in [2.75, 3.05) is 13.2 Å². The van der Waals surface area contributed by atoms with Crippen LogP contribution in [-0.2, 0) is 4.79 Å². The van der Waals surface area contributed by atoms with Crippen molar-refractivity contribution in [2.24, 2.45) is 5.92 Å². The summed E-state index contributed by atoms with van der Waals surface area (Å²) in [7, 11) is 0. The second-order valence-corrected chi connectivity index (χ2v) is 4.31. The van der Waals surface area contributed by atoms with Gasteiger partial charge >= 0.3 is 0 Å². The molecular weight excluding hydrogens is 190 g/mol. The molecule has 0 spiro atoms. The van der Waals surface area contributed by atoms with Crippen LogP contribution in [0.2, 0.25) is 0 Å². The third kappa shape index (κ3) is 2.59. The van der Waals surface area contributed by atoms with Crippen LogP contribution in [0.1, 0.15) is 33.6 Å². The number of likely N-dealkylation sites (tertiary alicyclic amines) is 1. The topological polar surface area (TPSA) is 40.5 Å². The predicted molar refractivity (Wildman–Crippen MR) is 60.4 cm³/mol. The van der Waals surface area contributed by atoms with Gasteiger partial charge in [0.15, 0.2) is 0 Å². The van der Waals surface area contributed by atoms with E-state index >= 15 is 0 Å². The monoisotopic (exact) mass is 211 g/mol. The van der Waals surface area contributed by atoms with E-state index in [4.69, 9.17) is 0 Å². The zero-order chi connectivity index (χ0) is 11.4. The number of nitrogens with zero attached hydrogens (tertiary/aromatic N) is 1. The first-order valence-corrected chi connectivity index (χ1v) is 5.70. The Balaban J connectivity index is 2.72. The van der Waals surface area contributed by atoms with Crippen molar-refractivity contribution in [2.45, 2.75) is 39.7 Å². The minimum Gasteiger partial charge on any atom is -0.394 e. The Hall–Kier alpha value is -0.830. The number of aliphatic hydroxyl groups is 1. The smallest absolute Gasteiger partial charge is 0.249 e. The Morgan fingerprint density at radius 1 is 1.60 bits per heavy atom. The molecular formula is C12H21NO2. The number of hydrogen-bond acceptors (Lipinski definition) is 2. The van der Waals surface area contributed by atoms with Crippen molar-refractivity contribution in [1.82, 2.24) is 4.90 Å². The fourth-order valence-corrected chi connectivity index (χ4v) is 2.16. The van der Waals surface area contributed by atoms with Crippen molar-refractivity contribution in [1.29, 1.82) is 0 Å². The lowest BCUT2D eigenvalue weighted by Crippen LogP contribution is -2.40. The molecule has 15 heavy (non-hydrogen) atoms. The third-order valence-electron chi connectivity index (χ3n) is 3.18. The molecule has 1 aliphatic rings. The standard InChI is InChI=1S/C12H21NO2/c1-4-5-10(3)12(15)13-7-6-9(2)11(13)8-14/h5,9,11,14H,4,6-8H2,1-3H3/b10-5-. The molecule has 2 atom stereocenters. The largest absolute Gasteiger partial charge is 0.394 e. The molecule has 0 aromatic carbocycles. The second kappa shape index (κ2) is 5.31. The minimum absolute atomic E-state index is 0.0118. The first-order valence-electron chi connectivity index (χ1n) is 5.70. The van der Waals surface area contributed by atoms with Gasteiger partial charge < -0.3 is 10.0 Å². The summed E-state index contributed by atoms with van der Waals surface area (Å²) in [5, 5.41) is 9.25. The fraction of sp³-hybridized carbons (Fsp3) is 0.750. The summed E-state index contributed by atoms with van der Waals surface area (Å²) in [6, 6.07) is 0.0118. The quantitative estimate of drug-likeness (QED) is 0.720. The summed E-state index contributed by atoms with van der Waals surface area (Å²) in [6.45, 7) is 6.82. The van der Waals surface area contributed by atoms with Gasteiger partial charge in [0.05, 0.1) is 12.6 Å². The van der Waals surface area contributed by atoms with Crippen LogP contribution in [0.15, 0.2) is 11.6 Å². The Morgan fingerprint density at radius 2 is 2.27 bits per heavy atom. The molecule has 0 aromatic rings. The van der Waals surface area contributed by atoms with E-state index in [1.54, 1.807) is 0 Å². The highest BCUT2D eigenvalue weighted by Crippen LogP contribution is 2.24. The van der Waals surface area contributed by atoms with Gasteiger partial charge in [-0.25, -0.2) is 0 Å². The lowest BCUT2D eigenvalue weighted by Gasteiger charge is -2.25. The summed E-state index contributed by atoms with van der Waals surface area (Å²) in [6.07, 6.45) is 3.82. The van der Waals surface area contributed by atoms with Crippen LogP contribution >= 0.6 is 0 Å². The number of carbonyl (C=O) groups is 1. The lowest BCUT2D eigenvalue weighted by atomic mass is 10.0. The van der Waals surface area contributed by atoms with Crippen LogP contribution in [0.3, 0.4) is 0 Å². The van der Waals surface area contributed by atoms with E-state index in [-0.39, 0.29) is 18.6 Å². The molecule has 1 heterocycles. The summed E-state index contributed by atoms with van der Waals surface area (Å²) < 4.78 is 0. The van der Waals surface area contributed by atoms with E-state index in [1.165, 1.54) is 0 Å². The Morgan fingerprint density at radius 3 is 2.80 bits per heavy atom. The van der Waals surface area contributed by atoms with Crippen LogP contribution < -0.4 is 0 Å². The zero-order valence-electron chi connectivity index (χ0n) is 9.86. The molecule has 3 heteroatoms. The molecule has 0 saturated carbocycles. The number of hydrogen-bond donors (Lipinski definition) is 1. The number of carbonyl (C=O) groups excluding carboxylic acids is 1. The summed E-state index contributed by atoms with van der Waals surface area (Å²) >= 11 is 0. The van der Waals surface area contributed by atoms with E-state index < -0.39 is 0 Å². The molecule has 0 radical (unpaired) electrons. The molecule has 2 unspecified atom stereocenters. The van der Waals surface area contributed by atoms with E-state index in [0.717, 1.165) is 25.0 Å². The first kappa shape index (κ1) is 12.2. The van der Waals surface area contributed by atoms with Gasteiger partial charge in [-0.2, -0.15) is 0 Å². The molecule has 3 nitrogen and oxygen atoms in total. The number of amides is 1. The number of rotatable bonds is 3. The maximum Gasteiger partial charge on any atom is 0.249 e. The van der Waals surface area contributed by atoms with Gasteiger partial charge in [-0.1, -0.05) is 19.9 Å². The Bertz CT molecular complexity index is 260. The van der Waals surface area contributed by atoms with Crippen molar-refractivity contribution >= 4 is 5.91 Å². The maximum atomic E-state index is 12.0. The van der Waals surface area contributed by atoms with Gasteiger partial charge in [-0.3, -0.25) is 4.79 Å². The highest BCUT2D eigenvalue weighted by atomic mass is 16.3. The average molecular weight is 211 g/mol. The van der Waals surface area contributed by atoms with Crippen molar-refractivity contribution in [3.8, 4) is 0 Å². The predicted octanol–water partition coefficient (Wildman–Crippen LogP) is 1.57. The van der Waals surface area contributed by atoms with Crippen molar-refractivity contribution in [3.05, 3.63) is 11.6 Å². The fourth-order valence-electron chi connectivity index (χ4n) is 2.16. The molecule has 0 aromatic heterocycles. The SMILES string of the molecule is CC/C=C(/C)C(=O)N1CCC(C)C1CO. The van der Waals surface area contributed by atoms with Crippen LogP contribution in [0, 0.1) is 5.92 Å². The van der Waals surface area contributed by atoms with Crippen LogP contribution in [-0.4, -0.2) is 35.1 Å². The van der Waals surface area contributed by atoms with Crippen LogP contribution in [0.4, 0.5) is 0 Å². The second-order valence-electron chi connectivity index (χ2n) is 4.31. The molecule has 0 bridgehead atoms.